The van der Waals surface area contributed by atoms with Crippen LogP contribution in [0, 0.1) is 0 Å². The molecule has 0 aliphatic heterocycles. The second kappa shape index (κ2) is 32.4. The van der Waals surface area contributed by atoms with E-state index in [9.17, 15) is 0 Å². The van der Waals surface area contributed by atoms with E-state index in [4.69, 9.17) is 0 Å². The Balaban J connectivity index is -0.000000109. The molecule has 0 aromatic heterocycles. The van der Waals surface area contributed by atoms with E-state index in [1.165, 1.54) is 32.1 Å². The molecule has 0 heteroatoms. The van der Waals surface area contributed by atoms with E-state index >= 15 is 0 Å². The lowest BCUT2D eigenvalue weighted by atomic mass is 10.2. The molecule has 0 fully saturated rings. The van der Waals surface area contributed by atoms with Crippen molar-refractivity contribution in [3.05, 3.63) is 0 Å². The van der Waals surface area contributed by atoms with Gasteiger partial charge in [0.25, 0.3) is 0 Å². The Morgan fingerprint density at radius 3 is 0.909 bits per heavy atom. The molecule has 0 bridgehead atoms. The molecule has 0 radical (unpaired) electrons. The van der Waals surface area contributed by atoms with Crippen LogP contribution in [0.2, 0.25) is 0 Å². The summed E-state index contributed by atoms with van der Waals surface area (Å²) in [7, 11) is 0. The molecule has 0 N–H and O–H groups in total. The monoisotopic (exact) mass is 160 g/mol. The molecular weight excluding hydrogens is 132 g/mol. The van der Waals surface area contributed by atoms with E-state index in [1.54, 1.807) is 0 Å². The van der Waals surface area contributed by atoms with Crippen molar-refractivity contribution in [2.75, 3.05) is 0 Å². The Hall–Kier alpha value is 0. The Morgan fingerprint density at radius 2 is 0.818 bits per heavy atom. The van der Waals surface area contributed by atoms with Crippen LogP contribution in [-0.2, 0) is 0 Å². The van der Waals surface area contributed by atoms with Crippen LogP contribution in [0.3, 0.4) is 0 Å². The van der Waals surface area contributed by atoms with Gasteiger partial charge in [0.1, 0.15) is 0 Å². The van der Waals surface area contributed by atoms with E-state index in [1.807, 2.05) is 13.8 Å². The van der Waals surface area contributed by atoms with Crippen LogP contribution in [0.25, 0.3) is 0 Å². The van der Waals surface area contributed by atoms with Gasteiger partial charge in [-0.2, -0.15) is 0 Å². The zero-order chi connectivity index (χ0) is 9.54. The van der Waals surface area contributed by atoms with Crippen LogP contribution in [-0.4, -0.2) is 0 Å². The van der Waals surface area contributed by atoms with Gasteiger partial charge < -0.3 is 0 Å². The van der Waals surface area contributed by atoms with Crippen LogP contribution in [0.1, 0.15) is 73.6 Å². The van der Waals surface area contributed by atoms with Crippen molar-refractivity contribution in [1.29, 1.82) is 0 Å². The third-order valence-electron chi connectivity index (χ3n) is 0.957. The van der Waals surface area contributed by atoms with Crippen LogP contribution >= 0.6 is 0 Å². The number of rotatable bonds is 3. The maximum absolute atomic E-state index is 2.23. The highest BCUT2D eigenvalue weighted by molar-refractivity contribution is 4.31. The fourth-order valence-electron chi connectivity index (χ4n) is 0.500. The maximum atomic E-state index is 2.23. The first kappa shape index (κ1) is 17.2. The molecule has 0 unspecified atom stereocenters. The van der Waals surface area contributed by atoms with Crippen molar-refractivity contribution in [2.24, 2.45) is 0 Å². The highest BCUT2D eigenvalue weighted by Gasteiger charge is 1.75. The normalized spacial score (nSPS) is 7.09. The molecular formula is C11H28. The Labute approximate surface area is 74.4 Å². The van der Waals surface area contributed by atoms with Gasteiger partial charge in [-0.1, -0.05) is 73.6 Å². The quantitative estimate of drug-likeness (QED) is 0.508. The van der Waals surface area contributed by atoms with Crippen LogP contribution < -0.4 is 0 Å². The molecule has 0 atom stereocenters. The van der Waals surface area contributed by atoms with Gasteiger partial charge in [-0.15, -0.1) is 0 Å². The van der Waals surface area contributed by atoms with E-state index in [-0.39, 0.29) is 0 Å². The minimum atomic E-state index is 1.25. The lowest BCUT2D eigenvalue weighted by Crippen LogP contribution is -1.66. The summed E-state index contributed by atoms with van der Waals surface area (Å²) < 4.78 is 0. The van der Waals surface area contributed by atoms with Gasteiger partial charge >= 0.3 is 0 Å². The largest absolute Gasteiger partial charge is 0.0683 e. The molecule has 11 heavy (non-hydrogen) atoms. The molecule has 0 rings (SSSR count). The highest BCUT2D eigenvalue weighted by atomic mass is 13.8. The first-order valence-electron chi connectivity index (χ1n) is 5.33. The van der Waals surface area contributed by atoms with Gasteiger partial charge in [0, 0.05) is 0 Å². The lowest BCUT2D eigenvalue weighted by molar-refractivity contribution is 0.702. The summed E-state index contributed by atoms with van der Waals surface area (Å²) in [6.07, 6.45) is 6.79. The van der Waals surface area contributed by atoms with Crippen LogP contribution in [0.4, 0.5) is 0 Å². The van der Waals surface area contributed by atoms with E-state index in [2.05, 4.69) is 27.7 Å². The van der Waals surface area contributed by atoms with E-state index < -0.39 is 0 Å². The third kappa shape index (κ3) is 71.1. The van der Waals surface area contributed by atoms with Gasteiger partial charge in [-0.25, -0.2) is 0 Å². The zero-order valence-corrected chi connectivity index (χ0v) is 9.54. The maximum Gasteiger partial charge on any atom is -0.0536 e. The minimum Gasteiger partial charge on any atom is -0.0683 e. The van der Waals surface area contributed by atoms with Crippen LogP contribution in [0.15, 0.2) is 0 Å². The molecule has 0 aromatic rings. The first-order chi connectivity index (χ1) is 5.33. The Morgan fingerprint density at radius 1 is 0.636 bits per heavy atom. The second-order valence-electron chi connectivity index (χ2n) is 2.41. The summed E-state index contributed by atoms with van der Waals surface area (Å²) in [6, 6.07) is 0. The fraction of sp³-hybridized carbons (Fsp3) is 1.00. The topological polar surface area (TPSA) is 0 Å². The van der Waals surface area contributed by atoms with Crippen molar-refractivity contribution in [3.63, 3.8) is 0 Å². The highest BCUT2D eigenvalue weighted by Crippen LogP contribution is 1.95. The molecule has 0 heterocycles. The van der Waals surface area contributed by atoms with Gasteiger partial charge in [-0.05, 0) is 0 Å². The van der Waals surface area contributed by atoms with Gasteiger partial charge in [0.2, 0.25) is 0 Å². The van der Waals surface area contributed by atoms with Crippen molar-refractivity contribution < 1.29 is 0 Å². The second-order valence-corrected chi connectivity index (χ2v) is 2.41. The third-order valence-corrected chi connectivity index (χ3v) is 0.957. The molecule has 0 saturated heterocycles. The van der Waals surface area contributed by atoms with Crippen LogP contribution in [0.5, 0.6) is 0 Å². The Bertz CT molecular complexity index is 19.2. The summed E-state index contributed by atoms with van der Waals surface area (Å²) >= 11 is 0. The van der Waals surface area contributed by atoms with Crippen molar-refractivity contribution in [1.82, 2.24) is 0 Å². The summed E-state index contributed by atoms with van der Waals surface area (Å²) in [5.41, 5.74) is 0. The number of hydrogen-bond acceptors (Lipinski definition) is 0. The predicted molar refractivity (Wildman–Crippen MR) is 57.1 cm³/mol. The molecule has 0 aliphatic rings. The van der Waals surface area contributed by atoms with Crippen molar-refractivity contribution >= 4 is 0 Å². The molecule has 0 nitrogen and oxygen atoms in total. The van der Waals surface area contributed by atoms with Crippen molar-refractivity contribution in [2.45, 2.75) is 73.6 Å². The summed E-state index contributed by atoms with van der Waals surface area (Å²) in [6.45, 7) is 12.7. The predicted octanol–water partition coefficient (Wildman–Crippen LogP) is 5.03. The number of hydrogen-bond donors (Lipinski definition) is 0. The fourth-order valence-corrected chi connectivity index (χ4v) is 0.500. The van der Waals surface area contributed by atoms with Gasteiger partial charge in [0.05, 0.1) is 0 Å². The van der Waals surface area contributed by atoms with Crippen molar-refractivity contribution in [3.8, 4) is 0 Å². The standard InChI is InChI=1S/C6H14.C3H8.C2H6/c1-3-5-6-4-2;1-3-2;1-2/h3-6H2,1-2H3;3H2,1-2H3;1-2H3. The average molecular weight is 160 g/mol. The number of unbranched alkanes of at least 4 members (excludes halogenated alkanes) is 3. The molecule has 72 valence electrons. The summed E-state index contributed by atoms with van der Waals surface area (Å²) in [5.74, 6) is 0. The zero-order valence-electron chi connectivity index (χ0n) is 9.54. The Kier molecular flexibility index (Phi) is 50.6. The summed E-state index contributed by atoms with van der Waals surface area (Å²) in [4.78, 5) is 0. The van der Waals surface area contributed by atoms with E-state index in [0.29, 0.717) is 0 Å². The van der Waals surface area contributed by atoms with Gasteiger partial charge in [0.15, 0.2) is 0 Å². The molecule has 0 spiro atoms. The SMILES string of the molecule is CC.CCC.CCCCCC. The average Bonchev–Trinajstić information content (AvgIpc) is 2.06. The van der Waals surface area contributed by atoms with Gasteiger partial charge in [-0.3, -0.25) is 0 Å². The molecule has 0 saturated carbocycles. The lowest BCUT2D eigenvalue weighted by Gasteiger charge is -1.86. The summed E-state index contributed by atoms with van der Waals surface area (Å²) in [5, 5.41) is 0. The molecule has 0 aliphatic carbocycles. The minimum absolute atomic E-state index is 1.25. The molecule has 0 aromatic carbocycles. The first-order valence-corrected chi connectivity index (χ1v) is 5.33. The van der Waals surface area contributed by atoms with E-state index in [0.717, 1.165) is 0 Å². The smallest absolute Gasteiger partial charge is 0.0536 e. The molecule has 0 amide bonds.